The molecule has 1 aliphatic heterocycles. The summed E-state index contributed by atoms with van der Waals surface area (Å²) in [6.07, 6.45) is 14.7. The maximum atomic E-state index is 12.3. The van der Waals surface area contributed by atoms with Crippen molar-refractivity contribution in [2.24, 2.45) is 39.9 Å². The van der Waals surface area contributed by atoms with Gasteiger partial charge in [0.25, 0.3) is 0 Å². The van der Waals surface area contributed by atoms with Crippen molar-refractivity contribution < 1.29 is 9.84 Å². The van der Waals surface area contributed by atoms with Crippen LogP contribution >= 0.6 is 0 Å². The predicted octanol–water partition coefficient (Wildman–Crippen LogP) is 9.52. The van der Waals surface area contributed by atoms with E-state index in [-0.39, 0.29) is 16.2 Å². The molecule has 2 atom stereocenters. The Morgan fingerprint density at radius 3 is 2.07 bits per heavy atom. The van der Waals surface area contributed by atoms with Gasteiger partial charge in [0.1, 0.15) is 5.75 Å². The molecule has 44 heavy (non-hydrogen) atoms. The van der Waals surface area contributed by atoms with Gasteiger partial charge in [-0.1, -0.05) is 58.9 Å². The van der Waals surface area contributed by atoms with E-state index in [2.05, 4.69) is 75.9 Å². The number of phenols is 1. The summed E-state index contributed by atoms with van der Waals surface area (Å²) >= 11 is 0. The Morgan fingerprint density at radius 2 is 1.43 bits per heavy atom. The lowest BCUT2D eigenvalue weighted by Crippen LogP contribution is -2.53. The summed E-state index contributed by atoms with van der Waals surface area (Å²) in [7, 11) is 0. The smallest absolute Gasteiger partial charge is 0.120 e. The first-order valence-electron chi connectivity index (χ1n) is 18.0. The van der Waals surface area contributed by atoms with Gasteiger partial charge in [-0.05, 0) is 138 Å². The van der Waals surface area contributed by atoms with Gasteiger partial charge in [0.05, 0.1) is 13.2 Å². The van der Waals surface area contributed by atoms with Crippen LogP contribution in [0.2, 0.25) is 0 Å². The number of allylic oxidation sites excluding steroid dienone is 1. The standard InChI is InChI=1S/C41H53NO2/c1-25-35-30(17-33(42-10-12-44-13-11-42)37(25)40-19-26-14-27(20-40)16-28(15-26)21-40)36-29-8-6-7-9-31(29)41(32(36)18-34(35)43)23-38(2,3)22-39(4,5)24-41/h6-9,17-18,25-28,37,43H,10-16,19-24H2,1-5H3. The van der Waals surface area contributed by atoms with E-state index in [9.17, 15) is 5.11 Å². The lowest BCUT2D eigenvalue weighted by molar-refractivity contribution is -0.0910. The Balaban J connectivity index is 1.28. The molecule has 1 heterocycles. The van der Waals surface area contributed by atoms with Crippen LogP contribution in [0.3, 0.4) is 0 Å². The second kappa shape index (κ2) is 9.18. The lowest BCUT2D eigenvalue weighted by atomic mass is 9.44. The Labute approximate surface area is 265 Å². The molecule has 7 aliphatic carbocycles. The Bertz CT molecular complexity index is 1500. The Hall–Kier alpha value is -2.26. The maximum Gasteiger partial charge on any atom is 0.120 e. The monoisotopic (exact) mass is 591 g/mol. The molecule has 3 nitrogen and oxygen atoms in total. The zero-order valence-corrected chi connectivity index (χ0v) is 27.8. The van der Waals surface area contributed by atoms with E-state index < -0.39 is 0 Å². The van der Waals surface area contributed by atoms with Crippen molar-refractivity contribution in [2.45, 2.75) is 104 Å². The highest BCUT2D eigenvalue weighted by atomic mass is 16.5. The summed E-state index contributed by atoms with van der Waals surface area (Å²) in [6, 6.07) is 11.6. The van der Waals surface area contributed by atoms with Crippen LogP contribution < -0.4 is 0 Å². The third-order valence-corrected chi connectivity index (χ3v) is 13.8. The van der Waals surface area contributed by atoms with Crippen LogP contribution in [0.15, 0.2) is 36.0 Å². The molecule has 2 aromatic carbocycles. The number of benzene rings is 2. The predicted molar refractivity (Wildman–Crippen MR) is 179 cm³/mol. The van der Waals surface area contributed by atoms with E-state index in [1.54, 1.807) is 5.70 Å². The molecule has 4 bridgehead atoms. The normalized spacial score (nSPS) is 37.0. The quantitative estimate of drug-likeness (QED) is 0.378. The average molecular weight is 592 g/mol. The minimum Gasteiger partial charge on any atom is -0.508 e. The second-order valence-corrected chi connectivity index (χ2v) is 18.3. The zero-order valence-electron chi connectivity index (χ0n) is 27.8. The van der Waals surface area contributed by atoms with E-state index >= 15 is 0 Å². The first-order valence-corrected chi connectivity index (χ1v) is 18.0. The van der Waals surface area contributed by atoms with Gasteiger partial charge < -0.3 is 14.7 Å². The van der Waals surface area contributed by atoms with E-state index in [0.717, 1.165) is 56.9 Å². The molecular formula is C41H53NO2. The molecule has 1 spiro atoms. The highest BCUT2D eigenvalue weighted by molar-refractivity contribution is 5.91. The minimum atomic E-state index is -0.0589. The fraction of sp³-hybridized carbons (Fsp3) is 0.659. The third-order valence-electron chi connectivity index (χ3n) is 13.8. The van der Waals surface area contributed by atoms with Gasteiger partial charge in [0, 0.05) is 35.7 Å². The van der Waals surface area contributed by atoms with Crippen LogP contribution in [0.1, 0.15) is 121 Å². The van der Waals surface area contributed by atoms with Crippen LogP contribution in [-0.2, 0) is 10.2 Å². The summed E-state index contributed by atoms with van der Waals surface area (Å²) in [6.45, 7) is 16.0. The van der Waals surface area contributed by atoms with E-state index in [4.69, 9.17) is 4.74 Å². The van der Waals surface area contributed by atoms with Gasteiger partial charge in [-0.15, -0.1) is 0 Å². The zero-order chi connectivity index (χ0) is 30.2. The largest absolute Gasteiger partial charge is 0.508 e. The van der Waals surface area contributed by atoms with Gasteiger partial charge in [0.15, 0.2) is 0 Å². The first-order chi connectivity index (χ1) is 21.0. The molecule has 6 fully saturated rings. The molecule has 10 rings (SSSR count). The van der Waals surface area contributed by atoms with Crippen LogP contribution in [0.5, 0.6) is 5.75 Å². The first kappa shape index (κ1) is 28.0. The number of hydrogen-bond donors (Lipinski definition) is 1. The summed E-state index contributed by atoms with van der Waals surface area (Å²) in [5, 5.41) is 12.3. The van der Waals surface area contributed by atoms with Gasteiger partial charge in [-0.25, -0.2) is 0 Å². The van der Waals surface area contributed by atoms with Crippen molar-refractivity contribution in [2.75, 3.05) is 26.3 Å². The molecule has 0 amide bonds. The third kappa shape index (κ3) is 3.90. The number of nitrogens with zero attached hydrogens (tertiary/aromatic N) is 1. The molecule has 0 radical (unpaired) electrons. The molecule has 0 aromatic heterocycles. The number of morpholine rings is 1. The van der Waals surface area contributed by atoms with Gasteiger partial charge >= 0.3 is 0 Å². The summed E-state index contributed by atoms with van der Waals surface area (Å²) in [4.78, 5) is 2.71. The molecule has 2 unspecified atom stereocenters. The summed E-state index contributed by atoms with van der Waals surface area (Å²) < 4.78 is 5.92. The number of aromatic hydroxyl groups is 1. The van der Waals surface area contributed by atoms with Crippen LogP contribution in [0.4, 0.5) is 0 Å². The van der Waals surface area contributed by atoms with Crippen LogP contribution in [0, 0.1) is 39.9 Å². The van der Waals surface area contributed by atoms with Gasteiger partial charge in [-0.3, -0.25) is 0 Å². The van der Waals surface area contributed by atoms with Crippen molar-refractivity contribution >= 4 is 6.08 Å². The molecule has 2 aromatic rings. The van der Waals surface area contributed by atoms with E-state index in [1.165, 1.54) is 78.3 Å². The van der Waals surface area contributed by atoms with Crippen molar-refractivity contribution in [3.05, 3.63) is 58.3 Å². The second-order valence-electron chi connectivity index (χ2n) is 18.3. The van der Waals surface area contributed by atoms with Crippen molar-refractivity contribution in [3.63, 3.8) is 0 Å². The molecule has 5 saturated carbocycles. The highest BCUT2D eigenvalue weighted by Gasteiger charge is 2.59. The molecular weight excluding hydrogens is 538 g/mol. The number of phenolic OH excluding ortho intramolecular Hbond substituents is 1. The number of rotatable bonds is 2. The average Bonchev–Trinajstić information content (AvgIpc) is 3.18. The van der Waals surface area contributed by atoms with E-state index in [0.29, 0.717) is 23.0 Å². The Kier molecular flexibility index (Phi) is 5.84. The highest BCUT2D eigenvalue weighted by Crippen LogP contribution is 2.69. The molecule has 1 N–H and O–H groups in total. The van der Waals surface area contributed by atoms with Crippen LogP contribution in [-0.4, -0.2) is 36.3 Å². The fourth-order valence-electron chi connectivity index (χ4n) is 13.9. The topological polar surface area (TPSA) is 32.7 Å². The molecule has 8 aliphatic rings. The SMILES string of the molecule is CC1c2c(O)cc3c(c2C=C(N2CCOCC2)C1C12CC4CC(CC(C4)C1)C2)-c1ccccc1C31CC(C)(C)CC(C)(C)C1. The van der Waals surface area contributed by atoms with Crippen molar-refractivity contribution in [1.29, 1.82) is 0 Å². The summed E-state index contributed by atoms with van der Waals surface area (Å²) in [5.41, 5.74) is 10.7. The molecule has 3 heteroatoms. The Morgan fingerprint density at radius 1 is 0.818 bits per heavy atom. The number of ether oxygens (including phenoxy) is 1. The number of hydrogen-bond acceptors (Lipinski definition) is 3. The van der Waals surface area contributed by atoms with Gasteiger partial charge in [0.2, 0.25) is 0 Å². The summed E-state index contributed by atoms with van der Waals surface area (Å²) in [5.74, 6) is 4.09. The number of fused-ring (bicyclic) bond motifs is 7. The fourth-order valence-corrected chi connectivity index (χ4v) is 13.9. The van der Waals surface area contributed by atoms with Crippen molar-refractivity contribution in [1.82, 2.24) is 4.90 Å². The van der Waals surface area contributed by atoms with Gasteiger partial charge in [-0.2, -0.15) is 0 Å². The minimum absolute atomic E-state index is 0.0589. The molecule has 234 valence electrons. The molecule has 1 saturated heterocycles. The maximum absolute atomic E-state index is 12.3. The lowest BCUT2D eigenvalue weighted by Gasteiger charge is -2.62. The van der Waals surface area contributed by atoms with Crippen LogP contribution in [0.25, 0.3) is 17.2 Å². The van der Waals surface area contributed by atoms with Crippen molar-refractivity contribution in [3.8, 4) is 16.9 Å². The van der Waals surface area contributed by atoms with E-state index in [1.807, 2.05) is 0 Å².